The molecule has 0 unspecified atom stereocenters. The number of likely N-dealkylation sites (N-methyl/N-ethyl adjacent to an activating group) is 1. The van der Waals surface area contributed by atoms with Crippen molar-refractivity contribution in [3.63, 3.8) is 0 Å². The summed E-state index contributed by atoms with van der Waals surface area (Å²) in [6, 6.07) is 10.5. The van der Waals surface area contributed by atoms with Gasteiger partial charge in [0.25, 0.3) is 0 Å². The molecule has 4 heterocycles. The van der Waals surface area contributed by atoms with Crippen molar-refractivity contribution in [3.8, 4) is 0 Å². The molecule has 5 rings (SSSR count). The van der Waals surface area contributed by atoms with Crippen molar-refractivity contribution in [2.24, 2.45) is 0 Å². The van der Waals surface area contributed by atoms with Gasteiger partial charge in [0.1, 0.15) is 0 Å². The number of aryl methyl sites for hydroxylation is 1. The molecule has 8 heteroatoms. The van der Waals surface area contributed by atoms with E-state index in [1.54, 1.807) is 0 Å². The molecule has 1 aromatic heterocycles. The number of anilines is 1. The molecule has 1 saturated heterocycles. The smallest absolute Gasteiger partial charge is 0.237 e. The second kappa shape index (κ2) is 8.64. The summed E-state index contributed by atoms with van der Waals surface area (Å²) in [5, 5.41) is 8.27. The van der Waals surface area contributed by atoms with Crippen molar-refractivity contribution in [1.82, 2.24) is 20.0 Å². The molecule has 0 atom stereocenters. The number of nitrogens with zero attached hydrogens (tertiary/aromatic N) is 4. The topological polar surface area (TPSA) is 53.4 Å². The van der Waals surface area contributed by atoms with Gasteiger partial charge in [-0.15, -0.1) is 24.8 Å². The normalized spacial score (nSPS) is 20.4. The highest BCUT2D eigenvalue weighted by atomic mass is 35.5. The molecule has 1 fully saturated rings. The molecule has 0 saturated carbocycles. The molecular weight excluding hydrogens is 409 g/mol. The van der Waals surface area contributed by atoms with Crippen molar-refractivity contribution < 1.29 is 4.79 Å². The second-order valence-corrected chi connectivity index (χ2v) is 8.12. The minimum atomic E-state index is -0.322. The van der Waals surface area contributed by atoms with Crippen LogP contribution in [0.15, 0.2) is 30.3 Å². The molecule has 158 valence electrons. The van der Waals surface area contributed by atoms with E-state index in [-0.39, 0.29) is 36.1 Å². The number of aromatic nitrogens is 2. The molecule has 1 spiro atoms. The molecule has 3 aliphatic heterocycles. The summed E-state index contributed by atoms with van der Waals surface area (Å²) < 4.78 is 2.16. The molecule has 0 bridgehead atoms. The number of benzene rings is 1. The number of carbonyl (C=O) groups excluding carboxylic acids is 1. The van der Waals surface area contributed by atoms with Crippen LogP contribution in [0.25, 0.3) is 0 Å². The van der Waals surface area contributed by atoms with E-state index in [1.165, 1.54) is 11.3 Å². The Morgan fingerprint density at radius 2 is 1.90 bits per heavy atom. The van der Waals surface area contributed by atoms with Crippen molar-refractivity contribution in [2.45, 2.75) is 44.3 Å². The lowest BCUT2D eigenvalue weighted by atomic mass is 9.73. The zero-order chi connectivity index (χ0) is 18.4. The van der Waals surface area contributed by atoms with Crippen LogP contribution in [0.4, 0.5) is 5.69 Å². The Labute approximate surface area is 184 Å². The molecule has 3 aliphatic rings. The van der Waals surface area contributed by atoms with Crippen LogP contribution in [0.3, 0.4) is 0 Å². The number of nitrogens with one attached hydrogen (secondary N) is 1. The first kappa shape index (κ1) is 22.1. The van der Waals surface area contributed by atoms with Gasteiger partial charge in [-0.05, 0) is 56.6 Å². The van der Waals surface area contributed by atoms with Gasteiger partial charge in [-0.25, -0.2) is 0 Å². The Morgan fingerprint density at radius 3 is 2.69 bits per heavy atom. The zero-order valence-electron chi connectivity index (χ0n) is 16.8. The predicted molar refractivity (Wildman–Crippen MR) is 119 cm³/mol. The number of fused-ring (bicyclic) bond motifs is 3. The van der Waals surface area contributed by atoms with Gasteiger partial charge >= 0.3 is 0 Å². The highest BCUT2D eigenvalue weighted by Crippen LogP contribution is 2.47. The van der Waals surface area contributed by atoms with Crippen molar-refractivity contribution in [1.29, 1.82) is 0 Å². The van der Waals surface area contributed by atoms with Crippen molar-refractivity contribution >= 4 is 36.4 Å². The van der Waals surface area contributed by atoms with Gasteiger partial charge in [0.2, 0.25) is 5.91 Å². The number of piperidine rings is 1. The lowest BCUT2D eigenvalue weighted by Crippen LogP contribution is -2.47. The van der Waals surface area contributed by atoms with Crippen LogP contribution < -0.4 is 10.2 Å². The standard InChI is InChI=1S/C21H27N5O.2ClH/c1-24-19-6-3-2-5-18(19)21(20(24)27)7-11-25(12-8-21)15-16-13-17-14-22-9-4-10-26(17)23-16;;/h2-3,5-6,13,22H,4,7-12,14-15H2,1H3;2*1H. The predicted octanol–water partition coefficient (Wildman–Crippen LogP) is 2.73. The molecule has 0 aliphatic carbocycles. The summed E-state index contributed by atoms with van der Waals surface area (Å²) in [4.78, 5) is 17.4. The molecule has 6 nitrogen and oxygen atoms in total. The van der Waals surface area contributed by atoms with Crippen LogP contribution in [-0.4, -0.2) is 47.3 Å². The number of para-hydroxylation sites is 1. The highest BCUT2D eigenvalue weighted by molar-refractivity contribution is 6.07. The number of likely N-dealkylation sites (tertiary alicyclic amines) is 1. The quantitative estimate of drug-likeness (QED) is 0.784. The van der Waals surface area contributed by atoms with E-state index >= 15 is 0 Å². The van der Waals surface area contributed by atoms with Gasteiger partial charge in [-0.3, -0.25) is 14.4 Å². The van der Waals surface area contributed by atoms with Crippen LogP contribution in [0.1, 0.15) is 36.2 Å². The average molecular weight is 438 g/mol. The summed E-state index contributed by atoms with van der Waals surface area (Å²) in [6.45, 7) is 5.73. The van der Waals surface area contributed by atoms with Crippen molar-refractivity contribution in [3.05, 3.63) is 47.3 Å². The second-order valence-electron chi connectivity index (χ2n) is 8.12. The van der Waals surface area contributed by atoms with Gasteiger partial charge in [0, 0.05) is 32.4 Å². The fourth-order valence-corrected chi connectivity index (χ4v) is 5.02. The van der Waals surface area contributed by atoms with E-state index in [4.69, 9.17) is 5.10 Å². The zero-order valence-corrected chi connectivity index (χ0v) is 18.4. The fourth-order valence-electron chi connectivity index (χ4n) is 5.02. The molecule has 2 aromatic rings. The molecular formula is C21H29Cl2N5O. The molecule has 1 aromatic carbocycles. The summed E-state index contributed by atoms with van der Waals surface area (Å²) in [5.74, 6) is 0.267. The lowest BCUT2D eigenvalue weighted by molar-refractivity contribution is -0.124. The highest BCUT2D eigenvalue weighted by Gasteiger charge is 2.50. The Hall–Kier alpha value is -1.60. The summed E-state index contributed by atoms with van der Waals surface area (Å²) in [6.07, 6.45) is 2.92. The fraction of sp³-hybridized carbons (Fsp3) is 0.524. The summed E-state index contributed by atoms with van der Waals surface area (Å²) in [5.41, 5.74) is 4.42. The maximum Gasteiger partial charge on any atom is 0.237 e. The maximum atomic E-state index is 13.1. The van der Waals surface area contributed by atoms with Crippen LogP contribution in [0.2, 0.25) is 0 Å². The first-order valence-corrected chi connectivity index (χ1v) is 10.0. The molecule has 1 N–H and O–H groups in total. The number of amides is 1. The van der Waals surface area contributed by atoms with Gasteiger partial charge in [0.05, 0.1) is 16.8 Å². The third-order valence-corrected chi connectivity index (χ3v) is 6.53. The summed E-state index contributed by atoms with van der Waals surface area (Å²) in [7, 11) is 1.91. The summed E-state index contributed by atoms with van der Waals surface area (Å²) >= 11 is 0. The van der Waals surface area contributed by atoms with Crippen LogP contribution in [0.5, 0.6) is 0 Å². The van der Waals surface area contributed by atoms with Crippen molar-refractivity contribution in [2.75, 3.05) is 31.6 Å². The Balaban J connectivity index is 0.00000120. The minimum Gasteiger partial charge on any atom is -0.314 e. The average Bonchev–Trinajstić information content (AvgIpc) is 3.06. The van der Waals surface area contributed by atoms with Gasteiger partial charge in [0.15, 0.2) is 0 Å². The lowest BCUT2D eigenvalue weighted by Gasteiger charge is -2.38. The van der Waals surface area contributed by atoms with Gasteiger partial charge in [-0.2, -0.15) is 5.10 Å². The Morgan fingerprint density at radius 1 is 1.14 bits per heavy atom. The number of hydrogen-bond acceptors (Lipinski definition) is 4. The van der Waals surface area contributed by atoms with E-state index in [2.05, 4.69) is 39.2 Å². The van der Waals surface area contributed by atoms with E-state index in [0.29, 0.717) is 0 Å². The Kier molecular flexibility index (Phi) is 6.58. The third kappa shape index (κ3) is 3.67. The number of halogens is 2. The van der Waals surface area contributed by atoms with Crippen LogP contribution in [-0.2, 0) is 29.8 Å². The minimum absolute atomic E-state index is 0. The van der Waals surface area contributed by atoms with Gasteiger partial charge < -0.3 is 10.2 Å². The first-order chi connectivity index (χ1) is 13.2. The largest absolute Gasteiger partial charge is 0.314 e. The van der Waals surface area contributed by atoms with E-state index in [1.807, 2.05) is 18.0 Å². The number of hydrogen-bond donors (Lipinski definition) is 1. The van der Waals surface area contributed by atoms with Gasteiger partial charge in [-0.1, -0.05) is 18.2 Å². The van der Waals surface area contributed by atoms with E-state index < -0.39 is 0 Å². The SMILES string of the molecule is CN1C(=O)C2(CCN(Cc3cc4n(n3)CCCNC4)CC2)c2ccccc21.Cl.Cl. The monoisotopic (exact) mass is 437 g/mol. The molecule has 1 amide bonds. The molecule has 0 radical (unpaired) electrons. The Bertz CT molecular complexity index is 852. The number of rotatable bonds is 2. The van der Waals surface area contributed by atoms with Crippen LogP contribution in [0, 0.1) is 0 Å². The first-order valence-electron chi connectivity index (χ1n) is 10.0. The number of carbonyl (C=O) groups is 1. The van der Waals surface area contributed by atoms with Crippen LogP contribution >= 0.6 is 24.8 Å². The van der Waals surface area contributed by atoms with E-state index in [0.717, 1.165) is 69.9 Å². The van der Waals surface area contributed by atoms with E-state index in [9.17, 15) is 4.79 Å². The maximum absolute atomic E-state index is 13.1. The molecule has 29 heavy (non-hydrogen) atoms. The third-order valence-electron chi connectivity index (χ3n) is 6.53.